The standard InChI is InChI=1S/C19H17N3O2/c1-15(11-12-16-7-3-2-4-8-16)21-22-19(23)14-24-18-10-6-5-9-17(18)13-20/h2-12H,14H2,1H3,(H,22,23)/b12-11+,21-15-. The van der Waals surface area contributed by atoms with E-state index in [4.69, 9.17) is 10.00 Å². The topological polar surface area (TPSA) is 74.5 Å². The Hall–Kier alpha value is -3.39. The predicted octanol–water partition coefficient (Wildman–Crippen LogP) is 3.14. The minimum atomic E-state index is -0.393. The third-order valence-electron chi connectivity index (χ3n) is 3.04. The highest BCUT2D eigenvalue weighted by Crippen LogP contribution is 2.16. The van der Waals surface area contributed by atoms with Gasteiger partial charge in [0.15, 0.2) is 6.61 Å². The normalized spacial score (nSPS) is 11.1. The molecule has 0 radical (unpaired) electrons. The number of hydrazone groups is 1. The number of para-hydroxylation sites is 1. The van der Waals surface area contributed by atoms with Crippen molar-refractivity contribution in [3.8, 4) is 11.8 Å². The molecule has 0 unspecified atom stereocenters. The van der Waals surface area contributed by atoms with Crippen molar-refractivity contribution in [3.63, 3.8) is 0 Å². The van der Waals surface area contributed by atoms with Crippen molar-refractivity contribution in [2.75, 3.05) is 6.61 Å². The highest BCUT2D eigenvalue weighted by Gasteiger charge is 2.05. The number of amides is 1. The lowest BCUT2D eigenvalue weighted by Gasteiger charge is -2.06. The molecule has 0 bridgehead atoms. The highest BCUT2D eigenvalue weighted by molar-refractivity contribution is 5.97. The molecule has 0 fully saturated rings. The molecular formula is C19H17N3O2. The molecule has 5 nitrogen and oxygen atoms in total. The predicted molar refractivity (Wildman–Crippen MR) is 93.4 cm³/mol. The lowest BCUT2D eigenvalue weighted by Crippen LogP contribution is -2.25. The molecule has 0 atom stereocenters. The molecule has 2 rings (SSSR count). The summed E-state index contributed by atoms with van der Waals surface area (Å²) in [5.74, 6) is -0.0185. The zero-order valence-corrected chi connectivity index (χ0v) is 13.3. The number of ether oxygens (including phenoxy) is 1. The Labute approximate surface area is 140 Å². The van der Waals surface area contributed by atoms with E-state index in [1.54, 1.807) is 37.3 Å². The molecule has 5 heteroatoms. The van der Waals surface area contributed by atoms with Gasteiger partial charge < -0.3 is 4.74 Å². The number of nitrogens with one attached hydrogen (secondary N) is 1. The second-order valence-electron chi connectivity index (χ2n) is 4.93. The number of rotatable bonds is 6. The van der Waals surface area contributed by atoms with Crippen LogP contribution in [0.1, 0.15) is 18.1 Å². The van der Waals surface area contributed by atoms with Gasteiger partial charge in [-0.25, -0.2) is 5.43 Å². The van der Waals surface area contributed by atoms with Crippen molar-refractivity contribution in [3.05, 3.63) is 71.8 Å². The molecule has 0 saturated heterocycles. The third kappa shape index (κ3) is 5.43. The number of allylic oxidation sites excluding steroid dienone is 1. The molecule has 0 heterocycles. The first kappa shape index (κ1) is 17.0. The third-order valence-corrected chi connectivity index (χ3v) is 3.04. The van der Waals surface area contributed by atoms with Crippen LogP contribution in [-0.4, -0.2) is 18.2 Å². The fourth-order valence-electron chi connectivity index (χ4n) is 1.83. The Bertz CT molecular complexity index is 790. The molecular weight excluding hydrogens is 302 g/mol. The maximum atomic E-state index is 11.7. The first-order valence-corrected chi connectivity index (χ1v) is 7.37. The SMILES string of the molecule is CC(/C=C/c1ccccc1)=N/NC(=O)COc1ccccc1C#N. The molecule has 2 aromatic rings. The molecule has 0 aliphatic carbocycles. The van der Waals surface area contributed by atoms with Crippen LogP contribution in [0, 0.1) is 11.3 Å². The van der Waals surface area contributed by atoms with Crippen LogP contribution in [0.3, 0.4) is 0 Å². The molecule has 0 saturated carbocycles. The van der Waals surface area contributed by atoms with Gasteiger partial charge in [-0.1, -0.05) is 48.5 Å². The van der Waals surface area contributed by atoms with Gasteiger partial charge in [0.05, 0.1) is 11.3 Å². The Morgan fingerprint density at radius 1 is 1.21 bits per heavy atom. The van der Waals surface area contributed by atoms with Crippen LogP contribution in [0.2, 0.25) is 0 Å². The summed E-state index contributed by atoms with van der Waals surface area (Å²) in [5.41, 5.74) is 4.51. The minimum absolute atomic E-state index is 0.210. The second kappa shape index (κ2) is 8.91. The first-order valence-electron chi connectivity index (χ1n) is 7.37. The fraction of sp³-hybridized carbons (Fsp3) is 0.105. The highest BCUT2D eigenvalue weighted by atomic mass is 16.5. The van der Waals surface area contributed by atoms with Gasteiger partial charge in [-0.3, -0.25) is 4.79 Å². The van der Waals surface area contributed by atoms with E-state index in [1.807, 2.05) is 42.5 Å². The van der Waals surface area contributed by atoms with Gasteiger partial charge in [0.2, 0.25) is 0 Å². The summed E-state index contributed by atoms with van der Waals surface area (Å²) in [5, 5.41) is 12.9. The molecule has 1 amide bonds. The summed E-state index contributed by atoms with van der Waals surface area (Å²) >= 11 is 0. The average Bonchev–Trinajstić information content (AvgIpc) is 2.64. The molecule has 0 aromatic heterocycles. The van der Waals surface area contributed by atoms with Crippen LogP contribution in [0.25, 0.3) is 6.08 Å². The van der Waals surface area contributed by atoms with Crippen LogP contribution in [-0.2, 0) is 4.79 Å². The van der Waals surface area contributed by atoms with Crippen LogP contribution < -0.4 is 10.2 Å². The molecule has 24 heavy (non-hydrogen) atoms. The van der Waals surface area contributed by atoms with Crippen molar-refractivity contribution >= 4 is 17.7 Å². The number of nitrogens with zero attached hydrogens (tertiary/aromatic N) is 2. The summed E-state index contributed by atoms with van der Waals surface area (Å²) in [6, 6.07) is 18.5. The maximum absolute atomic E-state index is 11.7. The number of carbonyl (C=O) groups excluding carboxylic acids is 1. The Morgan fingerprint density at radius 2 is 1.92 bits per heavy atom. The summed E-state index contributed by atoms with van der Waals surface area (Å²) in [7, 11) is 0. The van der Waals surface area contributed by atoms with Crippen LogP contribution in [0.4, 0.5) is 0 Å². The molecule has 120 valence electrons. The number of nitriles is 1. The maximum Gasteiger partial charge on any atom is 0.277 e. The molecule has 1 N–H and O–H groups in total. The van der Waals surface area contributed by atoms with E-state index in [-0.39, 0.29) is 6.61 Å². The minimum Gasteiger partial charge on any atom is -0.482 e. The first-order chi connectivity index (χ1) is 11.7. The van der Waals surface area contributed by atoms with Crippen LogP contribution in [0.15, 0.2) is 65.8 Å². The van der Waals surface area contributed by atoms with Gasteiger partial charge in [-0.2, -0.15) is 10.4 Å². The van der Waals surface area contributed by atoms with Crippen molar-refractivity contribution < 1.29 is 9.53 Å². The zero-order valence-electron chi connectivity index (χ0n) is 13.3. The molecule has 2 aromatic carbocycles. The monoisotopic (exact) mass is 319 g/mol. The summed E-state index contributed by atoms with van der Waals surface area (Å²) in [6.45, 7) is 1.57. The lowest BCUT2D eigenvalue weighted by atomic mass is 10.2. The van der Waals surface area contributed by atoms with E-state index >= 15 is 0 Å². The quantitative estimate of drug-likeness (QED) is 0.656. The van der Waals surface area contributed by atoms with Gasteiger partial charge in [0.25, 0.3) is 5.91 Å². The average molecular weight is 319 g/mol. The van der Waals surface area contributed by atoms with Gasteiger partial charge in [0.1, 0.15) is 11.8 Å². The number of hydrogen-bond acceptors (Lipinski definition) is 4. The van der Waals surface area contributed by atoms with E-state index < -0.39 is 5.91 Å². The molecule has 0 spiro atoms. The van der Waals surface area contributed by atoms with Crippen LogP contribution >= 0.6 is 0 Å². The van der Waals surface area contributed by atoms with E-state index in [0.29, 0.717) is 17.0 Å². The van der Waals surface area contributed by atoms with Gasteiger partial charge in [-0.15, -0.1) is 0 Å². The summed E-state index contributed by atoms with van der Waals surface area (Å²) in [6.07, 6.45) is 3.71. The largest absolute Gasteiger partial charge is 0.482 e. The smallest absolute Gasteiger partial charge is 0.277 e. The van der Waals surface area contributed by atoms with Crippen molar-refractivity contribution in [1.29, 1.82) is 5.26 Å². The van der Waals surface area contributed by atoms with Gasteiger partial charge in [-0.05, 0) is 30.7 Å². The van der Waals surface area contributed by atoms with E-state index in [1.165, 1.54) is 0 Å². The van der Waals surface area contributed by atoms with Crippen molar-refractivity contribution in [2.45, 2.75) is 6.92 Å². The summed E-state index contributed by atoms with van der Waals surface area (Å²) < 4.78 is 5.33. The van der Waals surface area contributed by atoms with Gasteiger partial charge in [0, 0.05) is 0 Å². The number of hydrogen-bond donors (Lipinski definition) is 1. The fourth-order valence-corrected chi connectivity index (χ4v) is 1.83. The van der Waals surface area contributed by atoms with E-state index in [9.17, 15) is 4.79 Å². The number of benzene rings is 2. The number of carbonyl (C=O) groups is 1. The summed E-state index contributed by atoms with van der Waals surface area (Å²) in [4.78, 5) is 11.7. The van der Waals surface area contributed by atoms with Gasteiger partial charge >= 0.3 is 0 Å². The Balaban J connectivity index is 1.84. The lowest BCUT2D eigenvalue weighted by molar-refractivity contribution is -0.123. The molecule has 0 aliphatic heterocycles. The van der Waals surface area contributed by atoms with Crippen LogP contribution in [0.5, 0.6) is 5.75 Å². The second-order valence-corrected chi connectivity index (χ2v) is 4.93. The van der Waals surface area contributed by atoms with E-state index in [2.05, 4.69) is 10.5 Å². The Morgan fingerprint density at radius 3 is 2.67 bits per heavy atom. The zero-order chi connectivity index (χ0) is 17.2. The molecule has 0 aliphatic rings. The van der Waals surface area contributed by atoms with Crippen molar-refractivity contribution in [1.82, 2.24) is 5.43 Å². The van der Waals surface area contributed by atoms with Crippen molar-refractivity contribution in [2.24, 2.45) is 5.10 Å². The Kier molecular flexibility index (Phi) is 6.30. The van der Waals surface area contributed by atoms with E-state index in [0.717, 1.165) is 5.56 Å².